The topological polar surface area (TPSA) is 80.9 Å². The highest BCUT2D eigenvalue weighted by Gasteiger charge is 2.93. The van der Waals surface area contributed by atoms with Gasteiger partial charge in [0.1, 0.15) is 16.8 Å². The van der Waals surface area contributed by atoms with Gasteiger partial charge in [0.25, 0.3) is 0 Å². The van der Waals surface area contributed by atoms with Gasteiger partial charge in [0.15, 0.2) is 0 Å². The number of rotatable bonds is 7. The summed E-state index contributed by atoms with van der Waals surface area (Å²) in [6, 6.07) is 18.5. The zero-order chi connectivity index (χ0) is 20.9. The number of aliphatic hydroxyl groups is 4. The Hall–Kier alpha value is -1.02. The van der Waals surface area contributed by atoms with Crippen LogP contribution in [0.5, 0.6) is 0 Å². The molecule has 6 heteroatoms. The van der Waals surface area contributed by atoms with Crippen LogP contribution in [0, 0.1) is 0 Å². The minimum atomic E-state index is -1.84. The Labute approximate surface area is 180 Å². The van der Waals surface area contributed by atoms with E-state index in [2.05, 4.69) is 0 Å². The van der Waals surface area contributed by atoms with Gasteiger partial charge in [-0.2, -0.15) is 0 Å². The van der Waals surface area contributed by atoms with Gasteiger partial charge in [-0.1, -0.05) is 74.5 Å². The second-order valence-electron chi connectivity index (χ2n) is 7.84. The third-order valence-electron chi connectivity index (χ3n) is 6.61. The van der Waals surface area contributed by atoms with Crippen LogP contribution in [-0.2, 0) is 0 Å². The predicted molar refractivity (Wildman–Crippen MR) is 119 cm³/mol. The molecule has 4 nitrogen and oxygen atoms in total. The smallest absolute Gasteiger partial charge is 0.137 e. The monoisotopic (exact) mass is 432 g/mol. The molecule has 2 aliphatic carbocycles. The molecule has 4 rings (SSSR count). The van der Waals surface area contributed by atoms with Crippen LogP contribution >= 0.6 is 23.5 Å². The molecule has 0 heterocycles. The Bertz CT molecular complexity index is 844. The summed E-state index contributed by atoms with van der Waals surface area (Å²) < 4.78 is -0.341. The van der Waals surface area contributed by atoms with Crippen LogP contribution in [0.15, 0.2) is 60.7 Å². The van der Waals surface area contributed by atoms with E-state index in [1.807, 2.05) is 74.5 Å². The number of hydrogen-bond donors (Lipinski definition) is 4. The van der Waals surface area contributed by atoms with E-state index in [1.54, 1.807) is 23.5 Å². The molecule has 156 valence electrons. The predicted octanol–water partition coefficient (Wildman–Crippen LogP) is 2.97. The average molecular weight is 433 g/mol. The van der Waals surface area contributed by atoms with Crippen LogP contribution in [-0.4, -0.2) is 59.4 Å². The minimum Gasteiger partial charge on any atom is -0.389 e. The third kappa shape index (κ3) is 2.57. The van der Waals surface area contributed by atoms with Crippen LogP contribution in [0.25, 0.3) is 0 Å². The van der Waals surface area contributed by atoms with E-state index in [9.17, 15) is 20.4 Å². The first-order chi connectivity index (χ1) is 13.9. The SMILES string of the molecule is CCSC(SCC)[C@@]1(O)C(c2ccccc2)[C@@]2(O)C(O)C(c3ccccc3)[C@@]12O. The van der Waals surface area contributed by atoms with Crippen molar-refractivity contribution in [1.29, 1.82) is 0 Å². The summed E-state index contributed by atoms with van der Waals surface area (Å²) in [5, 5.41) is 46.7. The van der Waals surface area contributed by atoms with Crippen LogP contribution in [0.3, 0.4) is 0 Å². The minimum absolute atomic E-state index is 0.341. The van der Waals surface area contributed by atoms with E-state index in [4.69, 9.17) is 0 Å². The standard InChI is InChI=1S/C23H28O4S2/c1-3-28-20(29-4-2)22(26)18(16-13-9-6-10-14-16)21(25)19(24)17(23(21,22)27)15-11-7-5-8-12-15/h5-14,17-20,24-27H,3-4H2,1-2H3/t17?,18?,19?,21-,22+,23+/m1/s1. The number of fused-ring (bicyclic) bond motifs is 1. The maximum absolute atomic E-state index is 12.1. The fourth-order valence-corrected chi connectivity index (χ4v) is 8.40. The molecule has 2 aromatic carbocycles. The van der Waals surface area contributed by atoms with Gasteiger partial charge in [0.05, 0.1) is 16.6 Å². The van der Waals surface area contributed by atoms with Crippen molar-refractivity contribution in [2.24, 2.45) is 0 Å². The van der Waals surface area contributed by atoms with Gasteiger partial charge in [0.2, 0.25) is 0 Å². The van der Waals surface area contributed by atoms with Crippen molar-refractivity contribution in [2.45, 2.75) is 53.2 Å². The quantitative estimate of drug-likeness (QED) is 0.504. The second-order valence-corrected chi connectivity index (χ2v) is 10.9. The summed E-state index contributed by atoms with van der Waals surface area (Å²) in [4.78, 5) is 0. The summed E-state index contributed by atoms with van der Waals surface area (Å²) in [6.45, 7) is 4.04. The lowest BCUT2D eigenvalue weighted by molar-refractivity contribution is -0.440. The normalized spacial score (nSPS) is 38.2. The first-order valence-electron chi connectivity index (χ1n) is 10.1. The van der Waals surface area contributed by atoms with E-state index < -0.39 is 34.7 Å². The number of hydrogen-bond acceptors (Lipinski definition) is 6. The highest BCUT2D eigenvalue weighted by molar-refractivity contribution is 8.17. The second kappa shape index (κ2) is 7.59. The zero-order valence-electron chi connectivity index (χ0n) is 16.6. The molecule has 0 aromatic heterocycles. The van der Waals surface area contributed by atoms with Gasteiger partial charge in [-0.3, -0.25) is 0 Å². The summed E-state index contributed by atoms with van der Waals surface area (Å²) in [5.74, 6) is 0.0127. The Kier molecular flexibility index (Phi) is 5.55. The molecule has 0 bridgehead atoms. The van der Waals surface area contributed by atoms with E-state index in [0.29, 0.717) is 0 Å². The van der Waals surface area contributed by atoms with Gasteiger partial charge in [-0.25, -0.2) is 0 Å². The van der Waals surface area contributed by atoms with Gasteiger partial charge in [-0.15, -0.1) is 23.5 Å². The van der Waals surface area contributed by atoms with E-state index in [-0.39, 0.29) is 4.58 Å². The summed E-state index contributed by atoms with van der Waals surface area (Å²) >= 11 is 3.16. The fraction of sp³-hybridized carbons (Fsp3) is 0.478. The largest absolute Gasteiger partial charge is 0.389 e. The van der Waals surface area contributed by atoms with Crippen molar-refractivity contribution in [3.63, 3.8) is 0 Å². The molecule has 0 saturated heterocycles. The summed E-state index contributed by atoms with van der Waals surface area (Å²) in [6.07, 6.45) is -1.17. The molecule has 6 atom stereocenters. The molecule has 0 radical (unpaired) electrons. The molecule has 2 aromatic rings. The number of aliphatic hydroxyl groups excluding tert-OH is 1. The highest BCUT2D eigenvalue weighted by Crippen LogP contribution is 2.77. The van der Waals surface area contributed by atoms with Gasteiger partial charge in [-0.05, 0) is 22.6 Å². The molecule has 2 saturated carbocycles. The van der Waals surface area contributed by atoms with Crippen molar-refractivity contribution in [1.82, 2.24) is 0 Å². The average Bonchev–Trinajstić information content (AvgIpc) is 2.74. The van der Waals surface area contributed by atoms with Crippen molar-refractivity contribution in [3.05, 3.63) is 71.8 Å². The molecule has 2 aliphatic rings. The Balaban J connectivity index is 1.86. The van der Waals surface area contributed by atoms with Gasteiger partial charge >= 0.3 is 0 Å². The number of benzene rings is 2. The van der Waals surface area contributed by atoms with E-state index in [0.717, 1.165) is 22.6 Å². The van der Waals surface area contributed by atoms with Crippen molar-refractivity contribution < 1.29 is 20.4 Å². The Morgan fingerprint density at radius 3 is 1.79 bits per heavy atom. The molecule has 0 amide bonds. The maximum Gasteiger partial charge on any atom is 0.137 e. The van der Waals surface area contributed by atoms with Crippen LogP contribution < -0.4 is 0 Å². The first-order valence-corrected chi connectivity index (χ1v) is 12.2. The first kappa shape index (κ1) is 21.2. The number of thioether (sulfide) groups is 2. The van der Waals surface area contributed by atoms with E-state index >= 15 is 0 Å². The van der Waals surface area contributed by atoms with Crippen LogP contribution in [0.4, 0.5) is 0 Å². The van der Waals surface area contributed by atoms with E-state index in [1.165, 1.54) is 0 Å². The lowest BCUT2D eigenvalue weighted by atomic mass is 9.31. The fourth-order valence-electron chi connectivity index (χ4n) is 5.46. The van der Waals surface area contributed by atoms with Gasteiger partial charge < -0.3 is 20.4 Å². The van der Waals surface area contributed by atoms with Crippen molar-refractivity contribution in [2.75, 3.05) is 11.5 Å². The molecule has 0 aliphatic heterocycles. The zero-order valence-corrected chi connectivity index (χ0v) is 18.2. The summed E-state index contributed by atoms with van der Waals surface area (Å²) in [5.41, 5.74) is -3.78. The van der Waals surface area contributed by atoms with Crippen LogP contribution in [0.1, 0.15) is 36.8 Å². The Morgan fingerprint density at radius 1 is 0.828 bits per heavy atom. The molecule has 4 N–H and O–H groups in total. The lowest BCUT2D eigenvalue weighted by Crippen LogP contribution is -2.99. The highest BCUT2D eigenvalue weighted by atomic mass is 32.2. The van der Waals surface area contributed by atoms with Crippen molar-refractivity contribution in [3.8, 4) is 0 Å². The maximum atomic E-state index is 12.1. The molecule has 0 spiro atoms. The molecular formula is C23H28O4S2. The Morgan fingerprint density at radius 2 is 1.31 bits per heavy atom. The lowest BCUT2D eigenvalue weighted by Gasteiger charge is -2.80. The van der Waals surface area contributed by atoms with Gasteiger partial charge in [0, 0.05) is 5.92 Å². The molecule has 2 fully saturated rings. The van der Waals surface area contributed by atoms with Crippen LogP contribution in [0.2, 0.25) is 0 Å². The molecule has 3 unspecified atom stereocenters. The third-order valence-corrected chi connectivity index (χ3v) is 9.41. The molecular weight excluding hydrogens is 404 g/mol. The van der Waals surface area contributed by atoms with Crippen molar-refractivity contribution >= 4 is 23.5 Å². The molecule has 29 heavy (non-hydrogen) atoms. The summed E-state index contributed by atoms with van der Waals surface area (Å²) in [7, 11) is 0.